The molecule has 1 unspecified atom stereocenters. The molecule has 1 aliphatic heterocycles. The summed E-state index contributed by atoms with van der Waals surface area (Å²) in [5.74, 6) is -0.227. The zero-order valence-electron chi connectivity index (χ0n) is 14.3. The van der Waals surface area contributed by atoms with Gasteiger partial charge < -0.3 is 5.32 Å². The third-order valence-electron chi connectivity index (χ3n) is 4.28. The van der Waals surface area contributed by atoms with Gasteiger partial charge in [0.1, 0.15) is 6.33 Å². The third kappa shape index (κ3) is 3.04. The molecule has 2 heterocycles. The predicted octanol–water partition coefficient (Wildman–Crippen LogP) is 1.59. The number of hydrogen-bond donors (Lipinski definition) is 1. The Hall–Kier alpha value is -3.27. The summed E-state index contributed by atoms with van der Waals surface area (Å²) in [5.41, 5.74) is 1.42. The molecule has 1 N–H and O–H groups in total. The van der Waals surface area contributed by atoms with Crippen molar-refractivity contribution in [3.8, 4) is 5.69 Å². The van der Waals surface area contributed by atoms with Crippen LogP contribution in [0.1, 0.15) is 13.3 Å². The second kappa shape index (κ2) is 6.47. The molecule has 0 fully saturated rings. The smallest absolute Gasteiger partial charge is 0.264 e. The number of para-hydroxylation sites is 2. The van der Waals surface area contributed by atoms with Crippen molar-refractivity contribution in [1.29, 1.82) is 0 Å². The second-order valence-corrected chi connectivity index (χ2v) is 7.99. The highest BCUT2D eigenvalue weighted by Gasteiger charge is 2.34. The van der Waals surface area contributed by atoms with E-state index in [1.165, 1.54) is 27.4 Å². The third-order valence-corrected chi connectivity index (χ3v) is 6.21. The molecular weight excluding hydrogens is 368 g/mol. The van der Waals surface area contributed by atoms with E-state index < -0.39 is 16.1 Å². The maximum atomic E-state index is 13.5. The SMILES string of the molecule is CC1CC(=O)Nc2ccccc2N1S(=O)(=O)c1cccc(-n2cnnn2)c1. The van der Waals surface area contributed by atoms with Crippen LogP contribution in [0.4, 0.5) is 11.4 Å². The molecule has 0 aliphatic carbocycles. The molecule has 1 aliphatic rings. The maximum Gasteiger partial charge on any atom is 0.264 e. The number of hydrogen-bond acceptors (Lipinski definition) is 6. The summed E-state index contributed by atoms with van der Waals surface area (Å²) in [6, 6.07) is 12.7. The first-order valence-corrected chi connectivity index (χ1v) is 9.67. The van der Waals surface area contributed by atoms with Crippen LogP contribution in [-0.4, -0.2) is 40.6 Å². The molecule has 9 nitrogen and oxygen atoms in total. The molecule has 1 aromatic heterocycles. The van der Waals surface area contributed by atoms with Gasteiger partial charge in [0.05, 0.1) is 28.0 Å². The lowest BCUT2D eigenvalue weighted by Crippen LogP contribution is -2.39. The maximum absolute atomic E-state index is 13.5. The average molecular weight is 384 g/mol. The van der Waals surface area contributed by atoms with Gasteiger partial charge in [0.2, 0.25) is 5.91 Å². The molecule has 2 aromatic carbocycles. The van der Waals surface area contributed by atoms with Gasteiger partial charge in [-0.3, -0.25) is 9.10 Å². The number of anilines is 2. The largest absolute Gasteiger partial charge is 0.324 e. The van der Waals surface area contributed by atoms with Crippen LogP contribution in [0, 0.1) is 0 Å². The molecule has 1 atom stereocenters. The van der Waals surface area contributed by atoms with Crippen molar-refractivity contribution in [2.75, 3.05) is 9.62 Å². The standard InChI is InChI=1S/C17H16N6O3S/c1-12-9-17(24)19-15-7-2-3-8-16(15)23(12)27(25,26)14-6-4-5-13(10-14)22-11-18-20-21-22/h2-8,10-12H,9H2,1H3,(H,19,24). The van der Waals surface area contributed by atoms with Gasteiger partial charge in [0.15, 0.2) is 0 Å². The molecule has 0 radical (unpaired) electrons. The molecule has 3 aromatic rings. The van der Waals surface area contributed by atoms with Gasteiger partial charge in [0.25, 0.3) is 10.0 Å². The fourth-order valence-corrected chi connectivity index (χ4v) is 4.82. The number of nitrogens with one attached hydrogen (secondary N) is 1. The number of rotatable bonds is 3. The summed E-state index contributed by atoms with van der Waals surface area (Å²) < 4.78 is 29.6. The Kier molecular flexibility index (Phi) is 4.11. The lowest BCUT2D eigenvalue weighted by Gasteiger charge is -2.29. The average Bonchev–Trinajstić information content (AvgIpc) is 3.13. The predicted molar refractivity (Wildman–Crippen MR) is 98.0 cm³/mol. The van der Waals surface area contributed by atoms with Crippen LogP contribution in [-0.2, 0) is 14.8 Å². The first kappa shape index (κ1) is 17.2. The van der Waals surface area contributed by atoms with Crippen LogP contribution in [0.2, 0.25) is 0 Å². The van der Waals surface area contributed by atoms with E-state index in [4.69, 9.17) is 0 Å². The van der Waals surface area contributed by atoms with E-state index in [2.05, 4.69) is 20.8 Å². The van der Waals surface area contributed by atoms with E-state index in [1.807, 2.05) is 0 Å². The number of nitrogens with zero attached hydrogens (tertiary/aromatic N) is 5. The Labute approximate surface area is 155 Å². The highest BCUT2D eigenvalue weighted by atomic mass is 32.2. The number of amides is 1. The molecule has 0 spiro atoms. The monoisotopic (exact) mass is 384 g/mol. The van der Waals surface area contributed by atoms with Gasteiger partial charge in [-0.2, -0.15) is 0 Å². The first-order chi connectivity index (χ1) is 13.0. The lowest BCUT2D eigenvalue weighted by molar-refractivity contribution is -0.116. The van der Waals surface area contributed by atoms with Crippen molar-refractivity contribution < 1.29 is 13.2 Å². The summed E-state index contributed by atoms with van der Waals surface area (Å²) in [5, 5.41) is 13.7. The van der Waals surface area contributed by atoms with Gasteiger partial charge in [0, 0.05) is 6.42 Å². The molecule has 0 saturated carbocycles. The van der Waals surface area contributed by atoms with E-state index in [-0.39, 0.29) is 17.2 Å². The topological polar surface area (TPSA) is 110 Å². The summed E-state index contributed by atoms with van der Waals surface area (Å²) in [7, 11) is -3.93. The Bertz CT molecular complexity index is 1100. The van der Waals surface area contributed by atoms with Gasteiger partial charge in [-0.15, -0.1) is 5.10 Å². The van der Waals surface area contributed by atoms with Crippen molar-refractivity contribution in [3.63, 3.8) is 0 Å². The van der Waals surface area contributed by atoms with Crippen LogP contribution < -0.4 is 9.62 Å². The van der Waals surface area contributed by atoms with Crippen molar-refractivity contribution in [1.82, 2.24) is 20.2 Å². The highest BCUT2D eigenvalue weighted by molar-refractivity contribution is 7.92. The minimum Gasteiger partial charge on any atom is -0.324 e. The van der Waals surface area contributed by atoms with Gasteiger partial charge in [-0.25, -0.2) is 13.1 Å². The number of sulfonamides is 1. The summed E-state index contributed by atoms with van der Waals surface area (Å²) in [6.45, 7) is 1.71. The van der Waals surface area contributed by atoms with Gasteiger partial charge in [-0.05, 0) is 47.7 Å². The van der Waals surface area contributed by atoms with E-state index in [0.29, 0.717) is 17.1 Å². The lowest BCUT2D eigenvalue weighted by atomic mass is 10.2. The minimum absolute atomic E-state index is 0.0561. The van der Waals surface area contributed by atoms with Crippen LogP contribution in [0.15, 0.2) is 59.8 Å². The number of tetrazole rings is 1. The minimum atomic E-state index is -3.93. The van der Waals surface area contributed by atoms with Crippen molar-refractivity contribution in [3.05, 3.63) is 54.9 Å². The van der Waals surface area contributed by atoms with Gasteiger partial charge >= 0.3 is 0 Å². The Morgan fingerprint density at radius 3 is 2.74 bits per heavy atom. The van der Waals surface area contributed by atoms with Crippen LogP contribution in [0.3, 0.4) is 0 Å². The normalized spacial score (nSPS) is 17.1. The molecule has 1 amide bonds. The highest BCUT2D eigenvalue weighted by Crippen LogP contribution is 2.35. The van der Waals surface area contributed by atoms with E-state index in [0.717, 1.165) is 0 Å². The molecular formula is C17H16N6O3S. The van der Waals surface area contributed by atoms with Gasteiger partial charge in [-0.1, -0.05) is 18.2 Å². The molecule has 10 heteroatoms. The Morgan fingerprint density at radius 1 is 1.15 bits per heavy atom. The van der Waals surface area contributed by atoms with E-state index in [1.54, 1.807) is 43.3 Å². The molecule has 0 saturated heterocycles. The van der Waals surface area contributed by atoms with Crippen molar-refractivity contribution in [2.24, 2.45) is 0 Å². The summed E-state index contributed by atoms with van der Waals surface area (Å²) >= 11 is 0. The fourth-order valence-electron chi connectivity index (χ4n) is 3.11. The van der Waals surface area contributed by atoms with Crippen molar-refractivity contribution >= 4 is 27.3 Å². The summed E-state index contributed by atoms with van der Waals surface area (Å²) in [4.78, 5) is 12.2. The number of carbonyl (C=O) groups excluding carboxylic acids is 1. The molecule has 27 heavy (non-hydrogen) atoms. The Morgan fingerprint density at radius 2 is 1.96 bits per heavy atom. The van der Waals surface area contributed by atoms with E-state index in [9.17, 15) is 13.2 Å². The number of fused-ring (bicyclic) bond motifs is 1. The number of aromatic nitrogens is 4. The van der Waals surface area contributed by atoms with Crippen LogP contribution in [0.5, 0.6) is 0 Å². The van der Waals surface area contributed by atoms with E-state index >= 15 is 0 Å². The zero-order valence-corrected chi connectivity index (χ0v) is 15.2. The zero-order chi connectivity index (χ0) is 19.0. The van der Waals surface area contributed by atoms with Crippen LogP contribution >= 0.6 is 0 Å². The quantitative estimate of drug-likeness (QED) is 0.734. The molecule has 0 bridgehead atoms. The summed E-state index contributed by atoms with van der Waals surface area (Å²) in [6.07, 6.45) is 1.44. The fraction of sp³-hybridized carbons (Fsp3) is 0.176. The van der Waals surface area contributed by atoms with Crippen LogP contribution in [0.25, 0.3) is 5.69 Å². The molecule has 4 rings (SSSR count). The first-order valence-electron chi connectivity index (χ1n) is 8.23. The van der Waals surface area contributed by atoms with Crippen molar-refractivity contribution in [2.45, 2.75) is 24.3 Å². The molecule has 138 valence electrons. The second-order valence-electron chi connectivity index (χ2n) is 6.17. The number of benzene rings is 2. The number of carbonyl (C=O) groups is 1. The Balaban J connectivity index is 1.84.